The van der Waals surface area contributed by atoms with Crippen molar-refractivity contribution in [3.05, 3.63) is 47.7 Å². The first-order valence-electron chi connectivity index (χ1n) is 5.78. The molecule has 3 N–H and O–H groups in total. The summed E-state index contributed by atoms with van der Waals surface area (Å²) in [6.45, 7) is 0.719. The van der Waals surface area contributed by atoms with E-state index < -0.39 is 23.1 Å². The summed E-state index contributed by atoms with van der Waals surface area (Å²) in [6.07, 6.45) is 0. The molecule has 104 valence electrons. The van der Waals surface area contributed by atoms with Gasteiger partial charge < -0.3 is 10.8 Å². The van der Waals surface area contributed by atoms with Crippen LogP contribution in [0.5, 0.6) is 0 Å². The van der Waals surface area contributed by atoms with Crippen LogP contribution in [-0.2, 0) is 5.92 Å². The van der Waals surface area contributed by atoms with Crippen LogP contribution in [-0.4, -0.2) is 16.1 Å². The second-order valence-corrected chi connectivity index (χ2v) is 4.38. The fourth-order valence-electron chi connectivity index (χ4n) is 1.85. The maximum atomic E-state index is 13.7. The van der Waals surface area contributed by atoms with Gasteiger partial charge in [-0.25, -0.2) is 18.6 Å². The van der Waals surface area contributed by atoms with Crippen molar-refractivity contribution in [2.75, 3.05) is 5.73 Å². The lowest BCUT2D eigenvalue weighted by molar-refractivity contribution is 0.0177. The normalized spacial score (nSPS) is 11.3. The van der Waals surface area contributed by atoms with Crippen LogP contribution >= 0.6 is 0 Å². The summed E-state index contributed by atoms with van der Waals surface area (Å²) in [5.41, 5.74) is 4.71. The number of hydrogen-bond donors (Lipinski definition) is 2. The van der Waals surface area contributed by atoms with E-state index >= 15 is 0 Å². The first kappa shape index (κ1) is 13.9. The van der Waals surface area contributed by atoms with Gasteiger partial charge in [0.05, 0.1) is 11.4 Å². The van der Waals surface area contributed by atoms with Crippen LogP contribution in [0.2, 0.25) is 0 Å². The summed E-state index contributed by atoms with van der Waals surface area (Å²) in [6, 6.07) is 9.18. The van der Waals surface area contributed by atoms with Gasteiger partial charge in [0.1, 0.15) is 0 Å². The Labute approximate surface area is 113 Å². The lowest BCUT2D eigenvalue weighted by Crippen LogP contribution is -2.15. The van der Waals surface area contributed by atoms with E-state index in [1.807, 2.05) is 0 Å². The molecule has 0 bridgehead atoms. The molecule has 0 spiro atoms. The van der Waals surface area contributed by atoms with Crippen LogP contribution in [0.1, 0.15) is 23.0 Å². The highest BCUT2D eigenvalue weighted by Gasteiger charge is 2.31. The topological polar surface area (TPSA) is 76.2 Å². The van der Waals surface area contributed by atoms with Gasteiger partial charge in [-0.05, 0) is 6.07 Å². The van der Waals surface area contributed by atoms with Crippen LogP contribution in [0.15, 0.2) is 36.4 Å². The molecule has 0 aliphatic carbocycles. The second kappa shape index (κ2) is 4.88. The Hall–Kier alpha value is -2.50. The molecule has 20 heavy (non-hydrogen) atoms. The third kappa shape index (κ3) is 2.59. The molecule has 4 nitrogen and oxygen atoms in total. The monoisotopic (exact) mass is 278 g/mol. The van der Waals surface area contributed by atoms with Gasteiger partial charge in [0.25, 0.3) is 5.92 Å². The van der Waals surface area contributed by atoms with Gasteiger partial charge in [-0.1, -0.05) is 30.3 Å². The number of aromatic carboxylic acids is 1. The standard InChI is InChI=1S/C14H12F2N2O2/c1-14(15,16)9-7-10(17)12(13(19)20)18-11(9)8-5-3-2-4-6-8/h2-7H,17H2,1H3,(H,19,20). The van der Waals surface area contributed by atoms with Crippen LogP contribution in [0.4, 0.5) is 14.5 Å². The number of anilines is 1. The minimum absolute atomic E-state index is 0.0790. The quantitative estimate of drug-likeness (QED) is 0.904. The summed E-state index contributed by atoms with van der Waals surface area (Å²) in [5, 5.41) is 9.00. The van der Waals surface area contributed by atoms with Crippen molar-refractivity contribution >= 4 is 11.7 Å². The Kier molecular flexibility index (Phi) is 3.40. The zero-order chi connectivity index (χ0) is 14.9. The maximum absolute atomic E-state index is 13.7. The van der Waals surface area contributed by atoms with E-state index in [1.54, 1.807) is 30.3 Å². The molecule has 6 heteroatoms. The Morgan fingerprint density at radius 2 is 1.90 bits per heavy atom. The third-order valence-corrected chi connectivity index (χ3v) is 2.77. The van der Waals surface area contributed by atoms with E-state index in [1.165, 1.54) is 0 Å². The van der Waals surface area contributed by atoms with Gasteiger partial charge in [-0.2, -0.15) is 0 Å². The molecule has 2 aromatic rings. The lowest BCUT2D eigenvalue weighted by Gasteiger charge is -2.17. The fraction of sp³-hybridized carbons (Fsp3) is 0.143. The molecule has 0 saturated carbocycles. The number of carboxylic acid groups (broad SMARTS) is 1. The van der Waals surface area contributed by atoms with Crippen LogP contribution in [0.25, 0.3) is 11.3 Å². The molecule has 0 unspecified atom stereocenters. The zero-order valence-electron chi connectivity index (χ0n) is 10.6. The van der Waals surface area contributed by atoms with E-state index in [0.717, 1.165) is 13.0 Å². The van der Waals surface area contributed by atoms with Gasteiger partial charge in [-0.15, -0.1) is 0 Å². The lowest BCUT2D eigenvalue weighted by atomic mass is 10.0. The number of aromatic nitrogens is 1. The Balaban J connectivity index is 2.76. The molecule has 0 aliphatic rings. The number of hydrogen-bond acceptors (Lipinski definition) is 3. The van der Waals surface area contributed by atoms with E-state index in [-0.39, 0.29) is 11.4 Å². The predicted molar refractivity (Wildman–Crippen MR) is 70.6 cm³/mol. The number of halogens is 2. The number of benzene rings is 1. The van der Waals surface area contributed by atoms with Crippen molar-refractivity contribution in [2.45, 2.75) is 12.8 Å². The number of carbonyl (C=O) groups is 1. The molecular weight excluding hydrogens is 266 g/mol. The van der Waals surface area contributed by atoms with Crippen LogP contribution in [0.3, 0.4) is 0 Å². The minimum atomic E-state index is -3.18. The van der Waals surface area contributed by atoms with Crippen LogP contribution < -0.4 is 5.73 Å². The van der Waals surface area contributed by atoms with Gasteiger partial charge in [0.15, 0.2) is 5.69 Å². The smallest absolute Gasteiger partial charge is 0.356 e. The molecule has 0 saturated heterocycles. The Bertz CT molecular complexity index is 652. The number of carboxylic acids is 1. The Morgan fingerprint density at radius 3 is 2.40 bits per heavy atom. The summed E-state index contributed by atoms with van der Waals surface area (Å²) >= 11 is 0. The molecule has 0 amide bonds. The maximum Gasteiger partial charge on any atom is 0.356 e. The predicted octanol–water partition coefficient (Wildman–Crippen LogP) is 3.14. The van der Waals surface area contributed by atoms with Gasteiger partial charge in [0, 0.05) is 18.1 Å². The summed E-state index contributed by atoms with van der Waals surface area (Å²) in [4.78, 5) is 14.8. The number of nitrogens with zero attached hydrogens (tertiary/aromatic N) is 1. The molecule has 2 rings (SSSR count). The molecule has 0 radical (unpaired) electrons. The van der Waals surface area contributed by atoms with Crippen molar-refractivity contribution in [1.82, 2.24) is 4.98 Å². The van der Waals surface area contributed by atoms with Crippen molar-refractivity contribution in [3.63, 3.8) is 0 Å². The zero-order valence-corrected chi connectivity index (χ0v) is 10.6. The number of nitrogen functional groups attached to an aromatic ring is 1. The average Bonchev–Trinajstić information content (AvgIpc) is 2.38. The van der Waals surface area contributed by atoms with Gasteiger partial charge >= 0.3 is 5.97 Å². The molecular formula is C14H12F2N2O2. The molecule has 1 aromatic carbocycles. The number of nitrogens with two attached hydrogens (primary N) is 1. The molecule has 0 atom stereocenters. The highest BCUT2D eigenvalue weighted by atomic mass is 19.3. The average molecular weight is 278 g/mol. The number of rotatable bonds is 3. The second-order valence-electron chi connectivity index (χ2n) is 4.38. The highest BCUT2D eigenvalue weighted by Crippen LogP contribution is 2.36. The van der Waals surface area contributed by atoms with E-state index in [4.69, 9.17) is 10.8 Å². The van der Waals surface area contributed by atoms with E-state index in [9.17, 15) is 13.6 Å². The van der Waals surface area contributed by atoms with Crippen molar-refractivity contribution < 1.29 is 18.7 Å². The first-order valence-corrected chi connectivity index (χ1v) is 5.78. The highest BCUT2D eigenvalue weighted by molar-refractivity contribution is 5.92. The van der Waals surface area contributed by atoms with E-state index in [2.05, 4.69) is 4.98 Å². The van der Waals surface area contributed by atoms with Crippen molar-refractivity contribution in [2.24, 2.45) is 0 Å². The first-order chi connectivity index (χ1) is 9.30. The Morgan fingerprint density at radius 1 is 1.30 bits per heavy atom. The van der Waals surface area contributed by atoms with Crippen molar-refractivity contribution in [3.8, 4) is 11.3 Å². The molecule has 1 heterocycles. The van der Waals surface area contributed by atoms with Gasteiger partial charge in [0.2, 0.25) is 0 Å². The molecule has 0 aliphatic heterocycles. The van der Waals surface area contributed by atoms with Gasteiger partial charge in [-0.3, -0.25) is 0 Å². The molecule has 1 aromatic heterocycles. The largest absolute Gasteiger partial charge is 0.476 e. The summed E-state index contributed by atoms with van der Waals surface area (Å²) in [7, 11) is 0. The third-order valence-electron chi connectivity index (χ3n) is 2.77. The molecule has 0 fully saturated rings. The van der Waals surface area contributed by atoms with E-state index in [0.29, 0.717) is 5.56 Å². The number of pyridine rings is 1. The summed E-state index contributed by atoms with van der Waals surface area (Å²) < 4.78 is 27.3. The number of alkyl halides is 2. The fourth-order valence-corrected chi connectivity index (χ4v) is 1.85. The van der Waals surface area contributed by atoms with Crippen LogP contribution in [0, 0.1) is 0 Å². The van der Waals surface area contributed by atoms with Crippen molar-refractivity contribution in [1.29, 1.82) is 0 Å². The minimum Gasteiger partial charge on any atom is -0.476 e. The SMILES string of the molecule is CC(F)(F)c1cc(N)c(C(=O)O)nc1-c1ccccc1. The summed E-state index contributed by atoms with van der Waals surface area (Å²) in [5.74, 6) is -4.53.